The molecule has 0 amide bonds. The van der Waals surface area contributed by atoms with Crippen LogP contribution >= 0.6 is 0 Å². The molecule has 3 aliphatic heterocycles. The molecule has 0 radical (unpaired) electrons. The summed E-state index contributed by atoms with van der Waals surface area (Å²) >= 11 is 0. The SMILES string of the molecule is CC1=C2C[C@@H]3[C@H](C)C(=O)O[C@@H]3C[C@@H](C)[C@@]23C[C@H]1[C@@]1(C3)C(=O)O[C@@H]2C[C@@H](C)[C@@H]3C[C@H](O)O[C@@H](O)[C@@]3(C)C[C@@H]21. The van der Waals surface area contributed by atoms with Crippen molar-refractivity contribution in [1.29, 1.82) is 0 Å². The van der Waals surface area contributed by atoms with Crippen LogP contribution < -0.4 is 0 Å². The molecule has 3 heterocycles. The third-order valence-corrected chi connectivity index (χ3v) is 13.0. The van der Waals surface area contributed by atoms with Gasteiger partial charge < -0.3 is 24.4 Å². The number of hydrogen-bond donors (Lipinski definition) is 2. The Bertz CT molecular complexity index is 1080. The van der Waals surface area contributed by atoms with Crippen molar-refractivity contribution >= 4 is 11.9 Å². The van der Waals surface area contributed by atoms with Crippen LogP contribution in [0.1, 0.15) is 79.6 Å². The minimum atomic E-state index is -1.06. The number of rotatable bonds is 0. The average Bonchev–Trinajstić information content (AvgIpc) is 3.44. The van der Waals surface area contributed by atoms with Gasteiger partial charge in [0.25, 0.3) is 0 Å². The van der Waals surface area contributed by atoms with Crippen LogP contribution in [0.4, 0.5) is 0 Å². The molecule has 2 spiro atoms. The number of carbonyl (C=O) groups is 2. The summed E-state index contributed by atoms with van der Waals surface area (Å²) in [5.74, 6) is 0.803. The lowest BCUT2D eigenvalue weighted by Crippen LogP contribution is -2.52. The van der Waals surface area contributed by atoms with E-state index in [1.807, 2.05) is 6.92 Å². The molecule has 3 saturated carbocycles. The molecule has 0 aromatic carbocycles. The van der Waals surface area contributed by atoms with Crippen LogP contribution in [-0.2, 0) is 23.8 Å². The maximum absolute atomic E-state index is 14.0. The lowest BCUT2D eigenvalue weighted by atomic mass is 9.56. The first kappa shape index (κ1) is 24.6. The lowest BCUT2D eigenvalue weighted by molar-refractivity contribution is -0.305. The molecule has 37 heavy (non-hydrogen) atoms. The van der Waals surface area contributed by atoms with Crippen LogP contribution in [0.3, 0.4) is 0 Å². The molecule has 2 N–H and O–H groups in total. The Morgan fingerprint density at radius 1 is 0.946 bits per heavy atom. The van der Waals surface area contributed by atoms with Crippen molar-refractivity contribution in [2.24, 2.45) is 57.7 Å². The number of hydrogen-bond acceptors (Lipinski definition) is 7. The van der Waals surface area contributed by atoms with Gasteiger partial charge >= 0.3 is 11.9 Å². The number of carbonyl (C=O) groups excluding carboxylic acids is 2. The van der Waals surface area contributed by atoms with Gasteiger partial charge in [-0.3, -0.25) is 9.59 Å². The zero-order valence-electron chi connectivity index (χ0n) is 22.7. The van der Waals surface area contributed by atoms with Gasteiger partial charge in [0.15, 0.2) is 12.6 Å². The summed E-state index contributed by atoms with van der Waals surface area (Å²) in [5.41, 5.74) is 1.64. The van der Waals surface area contributed by atoms with Gasteiger partial charge in [0.05, 0.1) is 11.3 Å². The topological polar surface area (TPSA) is 102 Å². The fourth-order valence-corrected chi connectivity index (χ4v) is 11.0. The van der Waals surface area contributed by atoms with E-state index in [0.717, 1.165) is 32.1 Å². The van der Waals surface area contributed by atoms with Gasteiger partial charge in [-0.05, 0) is 74.5 Å². The summed E-state index contributed by atoms with van der Waals surface area (Å²) in [4.78, 5) is 26.4. The standard InChI is InChI=1S/C30H42O7/c1-13-6-23-21(10-28(5)18(13)9-24(31)37-26(28)33)30(27(34)36-23)12-29-11-20(30)16(4)19(29)8-17-15(3)25(32)35-22(17)7-14(29)2/h13-15,17-18,20-24,26,31,33H,6-12H2,1-5H3/t13-,14-,15+,17-,18+,20-,21+,22-,23-,24-,26-,28+,29+,30-/m1/s1. The largest absolute Gasteiger partial charge is 0.462 e. The van der Waals surface area contributed by atoms with Crippen molar-refractivity contribution in [1.82, 2.24) is 0 Å². The normalized spacial score (nSPS) is 58.3. The Hall–Kier alpha value is -1.44. The predicted molar refractivity (Wildman–Crippen MR) is 132 cm³/mol. The van der Waals surface area contributed by atoms with Gasteiger partial charge in [0, 0.05) is 23.7 Å². The van der Waals surface area contributed by atoms with Crippen molar-refractivity contribution < 1.29 is 34.0 Å². The molecular formula is C30H42O7. The summed E-state index contributed by atoms with van der Waals surface area (Å²) in [6.45, 7) is 10.8. The molecule has 7 rings (SSSR count). The summed E-state index contributed by atoms with van der Waals surface area (Å²) < 4.78 is 17.7. The van der Waals surface area contributed by atoms with Gasteiger partial charge in [-0.25, -0.2) is 0 Å². The number of fused-ring (bicyclic) bond motifs is 6. The quantitative estimate of drug-likeness (QED) is 0.373. The van der Waals surface area contributed by atoms with Gasteiger partial charge in [-0.15, -0.1) is 0 Å². The number of aliphatic hydroxyl groups excluding tert-OH is 2. The number of allylic oxidation sites excluding steroid dienone is 2. The molecule has 4 aliphatic carbocycles. The minimum absolute atomic E-state index is 0.0125. The fraction of sp³-hybridized carbons (Fsp3) is 0.867. The van der Waals surface area contributed by atoms with Crippen LogP contribution in [0.25, 0.3) is 0 Å². The molecular weight excluding hydrogens is 472 g/mol. The second-order valence-corrected chi connectivity index (χ2v) is 14.3. The van der Waals surface area contributed by atoms with Gasteiger partial charge in [0.2, 0.25) is 0 Å². The summed E-state index contributed by atoms with van der Waals surface area (Å²) in [5, 5.41) is 21.4. The van der Waals surface area contributed by atoms with Crippen molar-refractivity contribution in [2.45, 2.75) is 104 Å². The first-order chi connectivity index (χ1) is 17.4. The van der Waals surface area contributed by atoms with E-state index in [1.54, 1.807) is 0 Å². The smallest absolute Gasteiger partial charge is 0.313 e. The van der Waals surface area contributed by atoms with Crippen molar-refractivity contribution in [3.8, 4) is 0 Å². The van der Waals surface area contributed by atoms with E-state index in [4.69, 9.17) is 14.2 Å². The molecule has 7 heteroatoms. The Morgan fingerprint density at radius 2 is 1.70 bits per heavy atom. The van der Waals surface area contributed by atoms with Crippen LogP contribution in [-0.4, -0.2) is 46.9 Å². The Kier molecular flexibility index (Phi) is 5.05. The van der Waals surface area contributed by atoms with Gasteiger partial charge in [0.1, 0.15) is 12.2 Å². The average molecular weight is 515 g/mol. The number of ether oxygens (including phenoxy) is 3. The van der Waals surface area contributed by atoms with E-state index in [9.17, 15) is 19.8 Å². The zero-order chi connectivity index (χ0) is 26.2. The Morgan fingerprint density at radius 3 is 2.46 bits per heavy atom. The maximum Gasteiger partial charge on any atom is 0.313 e. The van der Waals surface area contributed by atoms with Crippen LogP contribution in [0, 0.1) is 57.7 Å². The summed E-state index contributed by atoms with van der Waals surface area (Å²) in [6.07, 6.45) is 3.23. The van der Waals surface area contributed by atoms with Gasteiger partial charge in [-0.2, -0.15) is 0 Å². The van der Waals surface area contributed by atoms with Crippen molar-refractivity contribution in [3.63, 3.8) is 0 Å². The summed E-state index contributed by atoms with van der Waals surface area (Å²) in [7, 11) is 0. The van der Waals surface area contributed by atoms with Crippen LogP contribution in [0.5, 0.6) is 0 Å². The van der Waals surface area contributed by atoms with E-state index in [2.05, 4.69) is 27.7 Å². The Balaban J connectivity index is 1.30. The van der Waals surface area contributed by atoms with Crippen molar-refractivity contribution in [3.05, 3.63) is 11.1 Å². The van der Waals surface area contributed by atoms with E-state index >= 15 is 0 Å². The molecule has 0 unspecified atom stereocenters. The molecule has 0 aromatic rings. The highest BCUT2D eigenvalue weighted by Gasteiger charge is 2.75. The first-order valence-electron chi connectivity index (χ1n) is 14.6. The number of esters is 2. The monoisotopic (exact) mass is 514 g/mol. The molecule has 2 bridgehead atoms. The third kappa shape index (κ3) is 2.89. The van der Waals surface area contributed by atoms with E-state index in [0.29, 0.717) is 18.8 Å². The molecule has 3 saturated heterocycles. The Labute approximate surface area is 219 Å². The fourth-order valence-electron chi connectivity index (χ4n) is 11.0. The van der Waals surface area contributed by atoms with E-state index in [-0.39, 0.29) is 65.1 Å². The molecule has 7 aliphatic rings. The first-order valence-corrected chi connectivity index (χ1v) is 14.6. The highest BCUT2D eigenvalue weighted by molar-refractivity contribution is 5.83. The zero-order valence-corrected chi connectivity index (χ0v) is 22.7. The maximum atomic E-state index is 14.0. The summed E-state index contributed by atoms with van der Waals surface area (Å²) in [6, 6.07) is 0. The predicted octanol–water partition coefficient (Wildman–Crippen LogP) is 3.96. The molecule has 14 atom stereocenters. The molecule has 204 valence electrons. The molecule has 7 nitrogen and oxygen atoms in total. The van der Waals surface area contributed by atoms with E-state index < -0.39 is 23.4 Å². The third-order valence-electron chi connectivity index (χ3n) is 13.0. The second kappa shape index (κ2) is 7.60. The lowest BCUT2D eigenvalue weighted by Gasteiger charge is -2.50. The molecule has 0 aromatic heterocycles. The highest BCUT2D eigenvalue weighted by atomic mass is 16.7. The number of aliphatic hydroxyl groups is 2. The highest BCUT2D eigenvalue weighted by Crippen LogP contribution is 2.76. The molecule has 6 fully saturated rings. The van der Waals surface area contributed by atoms with Gasteiger partial charge in [-0.1, -0.05) is 38.8 Å². The van der Waals surface area contributed by atoms with E-state index in [1.165, 1.54) is 11.1 Å². The second-order valence-electron chi connectivity index (χ2n) is 14.3. The van der Waals surface area contributed by atoms with Crippen LogP contribution in [0.2, 0.25) is 0 Å². The van der Waals surface area contributed by atoms with Crippen molar-refractivity contribution in [2.75, 3.05) is 0 Å². The van der Waals surface area contributed by atoms with Crippen LogP contribution in [0.15, 0.2) is 11.1 Å². The minimum Gasteiger partial charge on any atom is -0.462 e.